The zero-order valence-electron chi connectivity index (χ0n) is 22.7. The third-order valence-electron chi connectivity index (χ3n) is 4.39. The maximum Gasteiger partial charge on any atom is 1.00 e. The molecule has 0 aliphatic heterocycles. The van der Waals surface area contributed by atoms with Gasteiger partial charge in [0.05, 0.1) is 24.5 Å². The average Bonchev–Trinajstić information content (AvgIpc) is 2.92. The van der Waals surface area contributed by atoms with Crippen molar-refractivity contribution in [2.75, 3.05) is 6.61 Å². The summed E-state index contributed by atoms with van der Waals surface area (Å²) in [5, 5.41) is 151. The number of carbonyl (C=O) groups excluding carboxylic acids is 4. The molecule has 0 heterocycles. The van der Waals surface area contributed by atoms with Gasteiger partial charge in [0.2, 0.25) is 0 Å². The Morgan fingerprint density at radius 1 is 0.512 bits per heavy atom. The SMILES string of the molecule is O=C(O)[C@@H](O)[C@@H](O)[C@H](O)[C@@H](O)C(=O)[O-].O=C([O-])[C@@H](O)[C@@H](O)[C@H](O)[C@@H](O)C(=O)[O-].O=C[C@@H](O)[C@@H](O)[C@H](O)[C@@H](O)CO.[K+].[K+].[K+]. The quantitative estimate of drug-likeness (QED) is 0.0553. The molecule has 25 heteroatoms. The van der Waals surface area contributed by atoms with Crippen LogP contribution < -0.4 is 169 Å². The Morgan fingerprint density at radius 3 is 0.953 bits per heavy atom. The largest absolute Gasteiger partial charge is 1.00 e. The summed E-state index contributed by atoms with van der Waals surface area (Å²) in [7, 11) is 0. The molecule has 0 aromatic carbocycles. The van der Waals surface area contributed by atoms with E-state index in [9.17, 15) is 39.3 Å². The molecule has 0 saturated heterocycles. The van der Waals surface area contributed by atoms with Crippen LogP contribution in [0.3, 0.4) is 0 Å². The van der Waals surface area contributed by atoms with Crippen LogP contribution in [0, 0.1) is 0 Å². The minimum atomic E-state index is -2.50. The number of hydrogen-bond acceptors (Lipinski definition) is 21. The first-order valence-corrected chi connectivity index (χ1v) is 10.2. The number of carboxylic acids is 4. The van der Waals surface area contributed by atoms with Gasteiger partial charge in [-0.25, -0.2) is 4.79 Å². The van der Waals surface area contributed by atoms with Gasteiger partial charge in [-0.15, -0.1) is 0 Å². The molecule has 0 spiro atoms. The maximum atomic E-state index is 10.1. The van der Waals surface area contributed by atoms with Crippen molar-refractivity contribution in [1.82, 2.24) is 0 Å². The van der Waals surface area contributed by atoms with Gasteiger partial charge in [-0.05, 0) is 0 Å². The zero-order chi connectivity index (χ0) is 32.7. The molecule has 43 heavy (non-hydrogen) atoms. The fourth-order valence-corrected chi connectivity index (χ4v) is 1.93. The Morgan fingerprint density at radius 2 is 0.767 bits per heavy atom. The molecule has 22 nitrogen and oxygen atoms in total. The number of rotatable bonds is 15. The van der Waals surface area contributed by atoms with Gasteiger partial charge in [0.15, 0.2) is 12.4 Å². The second-order valence-corrected chi connectivity index (χ2v) is 7.39. The van der Waals surface area contributed by atoms with E-state index in [0.717, 1.165) is 0 Å². The number of carboxylic acid groups (broad SMARTS) is 4. The van der Waals surface area contributed by atoms with E-state index in [1.807, 2.05) is 0 Å². The van der Waals surface area contributed by atoms with Crippen LogP contribution in [-0.2, 0) is 24.0 Å². The van der Waals surface area contributed by atoms with Crippen molar-refractivity contribution in [3.8, 4) is 0 Å². The van der Waals surface area contributed by atoms with E-state index in [1.54, 1.807) is 0 Å². The first-order valence-electron chi connectivity index (χ1n) is 10.2. The fourth-order valence-electron chi connectivity index (χ4n) is 1.93. The normalized spacial score (nSPS) is 18.5. The number of aliphatic hydroxyl groups is 13. The first kappa shape index (κ1) is 57.2. The minimum absolute atomic E-state index is 0. The van der Waals surface area contributed by atoms with Crippen LogP contribution in [0.4, 0.5) is 0 Å². The summed E-state index contributed by atoms with van der Waals surface area (Å²) < 4.78 is 0. The molecule has 0 fully saturated rings. The number of hydrogen-bond donors (Lipinski definition) is 14. The van der Waals surface area contributed by atoms with Crippen molar-refractivity contribution in [3.05, 3.63) is 0 Å². The predicted octanol–water partition coefficient (Wildman–Crippen LogP) is -23.2. The number of carbonyl (C=O) groups is 5. The van der Waals surface area contributed by atoms with Crippen LogP contribution in [0.25, 0.3) is 0 Å². The molecular formula is C18H29K3O22. The second kappa shape index (κ2) is 30.0. The minimum Gasteiger partial charge on any atom is -0.547 e. The summed E-state index contributed by atoms with van der Waals surface area (Å²) >= 11 is 0. The van der Waals surface area contributed by atoms with Gasteiger partial charge in [0.25, 0.3) is 0 Å². The Bertz CT molecular complexity index is 709. The van der Waals surface area contributed by atoms with Gasteiger partial charge in [0.1, 0.15) is 67.1 Å². The molecule has 0 unspecified atom stereocenters. The zero-order valence-corrected chi connectivity index (χ0v) is 32.1. The van der Waals surface area contributed by atoms with Crippen LogP contribution in [0.2, 0.25) is 0 Å². The monoisotopic (exact) mass is 714 g/mol. The molecule has 0 bridgehead atoms. The van der Waals surface area contributed by atoms with Gasteiger partial charge in [0, 0.05) is 0 Å². The molecule has 0 radical (unpaired) electrons. The van der Waals surface area contributed by atoms with Crippen LogP contribution in [-0.4, -0.2) is 182 Å². The molecular weight excluding hydrogens is 685 g/mol. The van der Waals surface area contributed by atoms with Crippen molar-refractivity contribution in [1.29, 1.82) is 0 Å². The van der Waals surface area contributed by atoms with Crippen LogP contribution in [0.1, 0.15) is 0 Å². The molecule has 0 rings (SSSR count). The predicted molar refractivity (Wildman–Crippen MR) is 108 cm³/mol. The molecule has 0 saturated carbocycles. The number of aldehydes is 1. The molecule has 12 atom stereocenters. The smallest absolute Gasteiger partial charge is 0.547 e. The Balaban J connectivity index is -0.000000116. The summed E-state index contributed by atoms with van der Waals surface area (Å²) in [5.41, 5.74) is 0. The molecule has 0 aromatic heterocycles. The Kier molecular flexibility index (Phi) is 40.0. The Hall–Kier alpha value is 1.94. The van der Waals surface area contributed by atoms with Crippen LogP contribution >= 0.6 is 0 Å². The number of aliphatic carboxylic acids is 4. The van der Waals surface area contributed by atoms with E-state index < -0.39 is 104 Å². The summed E-state index contributed by atoms with van der Waals surface area (Å²) in [5.74, 6) is -8.17. The summed E-state index contributed by atoms with van der Waals surface area (Å²) in [6.07, 6.45) is -26.1. The van der Waals surface area contributed by atoms with Gasteiger partial charge in [-0.3, -0.25) is 0 Å². The van der Waals surface area contributed by atoms with E-state index in [1.165, 1.54) is 0 Å². The van der Waals surface area contributed by atoms with Gasteiger partial charge < -0.3 is 106 Å². The van der Waals surface area contributed by atoms with E-state index in [4.69, 9.17) is 71.5 Å². The van der Waals surface area contributed by atoms with Crippen molar-refractivity contribution in [2.24, 2.45) is 0 Å². The second-order valence-electron chi connectivity index (χ2n) is 7.39. The van der Waals surface area contributed by atoms with Crippen LogP contribution in [0.5, 0.6) is 0 Å². The van der Waals surface area contributed by atoms with E-state index >= 15 is 0 Å². The van der Waals surface area contributed by atoms with E-state index in [0.29, 0.717) is 0 Å². The molecule has 14 N–H and O–H groups in total. The topological polar surface area (TPSA) is 438 Å². The summed E-state index contributed by atoms with van der Waals surface area (Å²) in [4.78, 5) is 49.9. The molecule has 0 aromatic rings. The van der Waals surface area contributed by atoms with E-state index in [2.05, 4.69) is 0 Å². The maximum absolute atomic E-state index is 10.1. The fraction of sp³-hybridized carbons (Fsp3) is 0.722. The summed E-state index contributed by atoms with van der Waals surface area (Å²) in [6, 6.07) is 0. The Labute approximate surface area is 368 Å². The third kappa shape index (κ3) is 23.0. The van der Waals surface area contributed by atoms with Crippen molar-refractivity contribution in [2.45, 2.75) is 73.2 Å². The molecule has 236 valence electrons. The standard InChI is InChI=1S/2C6H10O8.C6H12O6.3K/c2*7-1(3(9)5(11)12)2(8)4(10)6(13)14;7-1-3(9)5(11)6(12)4(10)2-8;;;/h2*1-4,7-10H,(H,11,12)(H,13,14);1,3-6,8-12H,2H2;;;/q;;;3*+1/p-3/t2*1-,2-,3-,4+;3-,4+,5-,6-;;;/m001.../s1. The first-order chi connectivity index (χ1) is 18.1. The number of aliphatic hydroxyl groups excluding tert-OH is 13. The van der Waals surface area contributed by atoms with Gasteiger partial charge in [-0.1, -0.05) is 0 Å². The van der Waals surface area contributed by atoms with Crippen molar-refractivity contribution >= 4 is 30.2 Å². The van der Waals surface area contributed by atoms with Gasteiger partial charge >= 0.3 is 160 Å². The van der Waals surface area contributed by atoms with Gasteiger partial charge in [-0.2, -0.15) is 0 Å². The van der Waals surface area contributed by atoms with Crippen LogP contribution in [0.15, 0.2) is 0 Å². The van der Waals surface area contributed by atoms with Crippen molar-refractivity contribution < 1.29 is 265 Å². The van der Waals surface area contributed by atoms with Crippen molar-refractivity contribution in [3.63, 3.8) is 0 Å². The summed E-state index contributed by atoms with van der Waals surface area (Å²) in [6.45, 7) is -0.760. The average molecular weight is 715 g/mol. The molecule has 0 aliphatic rings. The van der Waals surface area contributed by atoms with E-state index in [-0.39, 0.29) is 160 Å². The third-order valence-corrected chi connectivity index (χ3v) is 4.39. The molecule has 0 aliphatic carbocycles. The molecule has 0 amide bonds.